The van der Waals surface area contributed by atoms with Gasteiger partial charge in [-0.15, -0.1) is 0 Å². The number of nitrogens with one attached hydrogen (secondary N) is 1. The van der Waals surface area contributed by atoms with Crippen LogP contribution in [0.2, 0.25) is 0 Å². The molecular formula is C18H24F2N8O2S. The van der Waals surface area contributed by atoms with Gasteiger partial charge in [0.15, 0.2) is 5.82 Å². The average Bonchev–Trinajstić information content (AvgIpc) is 3.10. The highest BCUT2D eigenvalue weighted by Gasteiger charge is 2.23. The van der Waals surface area contributed by atoms with Crippen LogP contribution in [-0.4, -0.2) is 60.7 Å². The lowest BCUT2D eigenvalue weighted by molar-refractivity contribution is 0.189. The van der Waals surface area contributed by atoms with E-state index >= 15 is 0 Å². The van der Waals surface area contributed by atoms with E-state index in [1.165, 1.54) is 17.0 Å². The molecule has 1 aliphatic heterocycles. The third-order valence-electron chi connectivity index (χ3n) is 4.94. The van der Waals surface area contributed by atoms with Gasteiger partial charge in [0.1, 0.15) is 23.0 Å². The number of imidazole rings is 1. The molecule has 0 radical (unpaired) electrons. The Bertz CT molecular complexity index is 1070. The summed E-state index contributed by atoms with van der Waals surface area (Å²) < 4.78 is 52.3. The zero-order valence-electron chi connectivity index (χ0n) is 16.9. The fraction of sp³-hybridized carbons (Fsp3) is 0.444. The van der Waals surface area contributed by atoms with Crippen molar-refractivity contribution in [2.45, 2.75) is 26.2 Å². The molecule has 0 saturated carbocycles. The molecule has 1 atom stereocenters. The topological polar surface area (TPSA) is 131 Å². The maximum absolute atomic E-state index is 13.1. The van der Waals surface area contributed by atoms with Gasteiger partial charge in [-0.2, -0.15) is 8.42 Å². The Kier molecular flexibility index (Phi) is 7.08. The van der Waals surface area contributed by atoms with E-state index < -0.39 is 22.3 Å². The number of piperidine rings is 1. The Morgan fingerprint density at radius 2 is 2.26 bits per heavy atom. The second kappa shape index (κ2) is 9.58. The van der Waals surface area contributed by atoms with Crippen LogP contribution in [0.3, 0.4) is 0 Å². The lowest BCUT2D eigenvalue weighted by atomic mass is 9.98. The van der Waals surface area contributed by atoms with Crippen LogP contribution >= 0.6 is 0 Å². The number of hydrogen-bond acceptors (Lipinski definition) is 7. The van der Waals surface area contributed by atoms with E-state index in [0.717, 1.165) is 19.4 Å². The number of nitrogens with two attached hydrogens (primary N) is 1. The first-order valence-electron chi connectivity index (χ1n) is 9.54. The van der Waals surface area contributed by atoms with Crippen LogP contribution in [0.1, 0.15) is 18.7 Å². The molecule has 0 bridgehead atoms. The summed E-state index contributed by atoms with van der Waals surface area (Å²) in [6.07, 6.45) is 3.20. The molecule has 2 aromatic rings. The van der Waals surface area contributed by atoms with Crippen molar-refractivity contribution >= 4 is 28.9 Å². The second-order valence-corrected chi connectivity index (χ2v) is 8.54. The molecule has 3 heterocycles. The first-order chi connectivity index (χ1) is 14.7. The molecule has 2 aromatic heterocycles. The summed E-state index contributed by atoms with van der Waals surface area (Å²) in [5.41, 5.74) is -0.0506. The fourth-order valence-electron chi connectivity index (χ4n) is 3.40. The van der Waals surface area contributed by atoms with Crippen LogP contribution in [0.5, 0.6) is 0 Å². The number of aliphatic imine (C=N–C) groups is 1. The average molecular weight is 455 g/mol. The molecule has 1 unspecified atom stereocenters. The predicted octanol–water partition coefficient (Wildman–Crippen LogP) is 1.42. The molecule has 31 heavy (non-hydrogen) atoms. The second-order valence-electron chi connectivity index (χ2n) is 7.16. The molecular weight excluding hydrogens is 430 g/mol. The highest BCUT2D eigenvalue weighted by Crippen LogP contribution is 2.25. The van der Waals surface area contributed by atoms with E-state index in [9.17, 15) is 17.2 Å². The number of aryl methyl sites for hydroxylation is 1. The van der Waals surface area contributed by atoms with E-state index in [4.69, 9.17) is 5.14 Å². The first-order valence-corrected chi connectivity index (χ1v) is 11.1. The number of allylic oxidation sites excluding steroid dienone is 1. The van der Waals surface area contributed by atoms with Gasteiger partial charge in [-0.1, -0.05) is 0 Å². The predicted molar refractivity (Wildman–Crippen MR) is 114 cm³/mol. The number of aromatic nitrogens is 4. The van der Waals surface area contributed by atoms with Gasteiger partial charge in [0.25, 0.3) is 16.6 Å². The summed E-state index contributed by atoms with van der Waals surface area (Å²) in [5, 5.41) is 5.02. The molecule has 1 saturated heterocycles. The van der Waals surface area contributed by atoms with Crippen LogP contribution < -0.4 is 14.8 Å². The Balaban J connectivity index is 1.85. The quantitative estimate of drug-likeness (QED) is 0.580. The number of nitrogens with zero attached hydrogens (tertiary/aromatic N) is 6. The van der Waals surface area contributed by atoms with E-state index in [1.54, 1.807) is 19.2 Å². The molecule has 3 rings (SSSR count). The Morgan fingerprint density at radius 3 is 2.94 bits per heavy atom. The van der Waals surface area contributed by atoms with Gasteiger partial charge in [-0.25, -0.2) is 33.6 Å². The van der Waals surface area contributed by atoms with Gasteiger partial charge in [-0.3, -0.25) is 9.56 Å². The first kappa shape index (κ1) is 22.9. The van der Waals surface area contributed by atoms with Crippen molar-refractivity contribution in [3.05, 3.63) is 30.0 Å². The van der Waals surface area contributed by atoms with Crippen molar-refractivity contribution in [2.24, 2.45) is 16.0 Å². The van der Waals surface area contributed by atoms with Gasteiger partial charge in [-0.05, 0) is 38.5 Å². The number of halogens is 2. The molecule has 0 aliphatic carbocycles. The maximum atomic E-state index is 13.1. The van der Waals surface area contributed by atoms with Crippen LogP contribution in [0, 0.1) is 12.8 Å². The van der Waals surface area contributed by atoms with Gasteiger partial charge in [0, 0.05) is 32.0 Å². The third kappa shape index (κ3) is 5.89. The summed E-state index contributed by atoms with van der Waals surface area (Å²) in [6, 6.07) is 1.75. The van der Waals surface area contributed by atoms with Gasteiger partial charge in [0.2, 0.25) is 0 Å². The maximum Gasteiger partial charge on any atom is 0.281 e. The summed E-state index contributed by atoms with van der Waals surface area (Å²) in [5.74, 6) is 1.51. The van der Waals surface area contributed by atoms with Crippen molar-refractivity contribution < 1.29 is 17.2 Å². The van der Waals surface area contributed by atoms with Crippen LogP contribution in [0.15, 0.2) is 29.1 Å². The minimum Gasteiger partial charge on any atom is -0.356 e. The molecule has 168 valence electrons. The molecule has 1 aliphatic rings. The number of anilines is 1. The summed E-state index contributed by atoms with van der Waals surface area (Å²) in [7, 11) is -3.74. The fourth-order valence-corrected chi connectivity index (χ4v) is 3.87. The zero-order chi connectivity index (χ0) is 22.6. The standard InChI is InChI=1S/C18H24F2N8O2S/c1-12-24-9-15(28(12)11-14(22-2)17(19)20)18-23-6-5-16(26-18)27-7-3-4-13(10-27)8-25-31(21,29)30/h5-6,9,11,13,17,25H,2-4,7-8,10H2,1H3,(H2,21,29,30)/b14-11-. The van der Waals surface area contributed by atoms with E-state index in [0.29, 0.717) is 29.7 Å². The highest BCUT2D eigenvalue weighted by atomic mass is 32.2. The Morgan fingerprint density at radius 1 is 1.48 bits per heavy atom. The molecule has 3 N–H and O–H groups in total. The molecule has 10 nitrogen and oxygen atoms in total. The SMILES string of the molecule is C=N/C(=C\n1c(-c2nccc(N3CCCC(CNS(N)(=O)=O)C3)n2)cnc1C)C(F)F. The molecule has 0 amide bonds. The minimum atomic E-state index is -3.74. The van der Waals surface area contributed by atoms with Gasteiger partial charge in [0.05, 0.1) is 6.20 Å². The third-order valence-corrected chi connectivity index (χ3v) is 5.50. The van der Waals surface area contributed by atoms with E-state index in [1.807, 2.05) is 4.90 Å². The van der Waals surface area contributed by atoms with Crippen LogP contribution in [-0.2, 0) is 10.2 Å². The summed E-state index contributed by atoms with van der Waals surface area (Å²) in [6.45, 7) is 6.44. The van der Waals surface area contributed by atoms with E-state index in [2.05, 4.69) is 31.4 Å². The van der Waals surface area contributed by atoms with E-state index in [-0.39, 0.29) is 12.5 Å². The molecule has 1 fully saturated rings. The normalized spacial score (nSPS) is 17.9. The Labute approximate surface area is 179 Å². The molecule has 0 aromatic carbocycles. The van der Waals surface area contributed by atoms with Crippen molar-refractivity contribution in [2.75, 3.05) is 24.5 Å². The van der Waals surface area contributed by atoms with Crippen molar-refractivity contribution in [3.63, 3.8) is 0 Å². The number of rotatable bonds is 8. The number of hydrogen-bond donors (Lipinski definition) is 2. The lowest BCUT2D eigenvalue weighted by Crippen LogP contribution is -2.42. The van der Waals surface area contributed by atoms with Crippen LogP contribution in [0.4, 0.5) is 14.6 Å². The molecule has 0 spiro atoms. The highest BCUT2D eigenvalue weighted by molar-refractivity contribution is 7.87. The summed E-state index contributed by atoms with van der Waals surface area (Å²) in [4.78, 5) is 18.5. The van der Waals surface area contributed by atoms with Crippen LogP contribution in [0.25, 0.3) is 17.7 Å². The summed E-state index contributed by atoms with van der Waals surface area (Å²) >= 11 is 0. The van der Waals surface area contributed by atoms with Gasteiger partial charge >= 0.3 is 0 Å². The monoisotopic (exact) mass is 454 g/mol. The smallest absolute Gasteiger partial charge is 0.281 e. The van der Waals surface area contributed by atoms with Gasteiger partial charge < -0.3 is 4.90 Å². The largest absolute Gasteiger partial charge is 0.356 e. The zero-order valence-corrected chi connectivity index (χ0v) is 17.8. The lowest BCUT2D eigenvalue weighted by Gasteiger charge is -2.33. The molecule has 13 heteroatoms. The Hall–Kier alpha value is -2.77. The number of alkyl halides is 2. The minimum absolute atomic E-state index is 0.0773. The van der Waals surface area contributed by atoms with Crippen molar-refractivity contribution in [1.29, 1.82) is 0 Å². The van der Waals surface area contributed by atoms with Crippen molar-refractivity contribution in [3.8, 4) is 11.5 Å². The van der Waals surface area contributed by atoms with Crippen molar-refractivity contribution in [1.82, 2.24) is 24.2 Å².